The van der Waals surface area contributed by atoms with E-state index < -0.39 is 0 Å². The van der Waals surface area contributed by atoms with Crippen LogP contribution in [0.2, 0.25) is 0 Å². The van der Waals surface area contributed by atoms with Gasteiger partial charge in [0.2, 0.25) is 11.8 Å². The molecule has 0 bridgehead atoms. The largest absolute Gasteiger partial charge is 0.359 e. The molecule has 1 atom stereocenters. The number of nitrogens with one attached hydrogen (secondary N) is 2. The molecule has 1 unspecified atom stereocenters. The molecule has 0 heterocycles. The third-order valence-electron chi connectivity index (χ3n) is 2.13. The monoisotopic (exact) mass is 200 g/mol. The van der Waals surface area contributed by atoms with E-state index >= 15 is 0 Å². The topological polar surface area (TPSA) is 58.2 Å². The zero-order valence-corrected chi connectivity index (χ0v) is 9.22. The van der Waals surface area contributed by atoms with Crippen LogP contribution in [0.15, 0.2) is 0 Å². The Morgan fingerprint density at radius 1 is 1.29 bits per heavy atom. The van der Waals surface area contributed by atoms with E-state index in [2.05, 4.69) is 10.6 Å². The first kappa shape index (κ1) is 12.9. The van der Waals surface area contributed by atoms with Gasteiger partial charge in [-0.05, 0) is 12.8 Å². The van der Waals surface area contributed by atoms with E-state index in [1.807, 2.05) is 6.92 Å². The SMILES string of the molecule is CNC(=O)C(C)CCCCNC(C)=O. The van der Waals surface area contributed by atoms with Gasteiger partial charge < -0.3 is 10.6 Å². The van der Waals surface area contributed by atoms with E-state index in [9.17, 15) is 9.59 Å². The first-order valence-corrected chi connectivity index (χ1v) is 5.04. The average Bonchev–Trinajstić information content (AvgIpc) is 2.15. The molecule has 82 valence electrons. The highest BCUT2D eigenvalue weighted by atomic mass is 16.2. The lowest BCUT2D eigenvalue weighted by atomic mass is 10.0. The molecule has 4 heteroatoms. The smallest absolute Gasteiger partial charge is 0.222 e. The van der Waals surface area contributed by atoms with Gasteiger partial charge in [0.25, 0.3) is 0 Å². The molecule has 0 saturated heterocycles. The van der Waals surface area contributed by atoms with E-state index in [4.69, 9.17) is 0 Å². The van der Waals surface area contributed by atoms with E-state index in [0.29, 0.717) is 6.54 Å². The third-order valence-corrected chi connectivity index (χ3v) is 2.13. The second kappa shape index (κ2) is 7.35. The predicted molar refractivity (Wildman–Crippen MR) is 55.8 cm³/mol. The summed E-state index contributed by atoms with van der Waals surface area (Å²) >= 11 is 0. The second-order valence-electron chi connectivity index (χ2n) is 3.49. The van der Waals surface area contributed by atoms with Crippen LogP contribution >= 0.6 is 0 Å². The van der Waals surface area contributed by atoms with Crippen molar-refractivity contribution in [3.63, 3.8) is 0 Å². The maximum atomic E-state index is 11.1. The van der Waals surface area contributed by atoms with Gasteiger partial charge in [-0.1, -0.05) is 13.3 Å². The van der Waals surface area contributed by atoms with Crippen molar-refractivity contribution in [2.45, 2.75) is 33.1 Å². The van der Waals surface area contributed by atoms with E-state index in [1.165, 1.54) is 6.92 Å². The van der Waals surface area contributed by atoms with Gasteiger partial charge in [0, 0.05) is 26.4 Å². The molecule has 0 aromatic carbocycles. The number of amides is 2. The predicted octanol–water partition coefficient (Wildman–Crippen LogP) is 0.675. The van der Waals surface area contributed by atoms with Crippen LogP contribution in [-0.2, 0) is 9.59 Å². The van der Waals surface area contributed by atoms with Crippen molar-refractivity contribution in [3.05, 3.63) is 0 Å². The Hall–Kier alpha value is -1.06. The van der Waals surface area contributed by atoms with Crippen LogP contribution < -0.4 is 10.6 Å². The molecule has 0 aromatic heterocycles. The number of carbonyl (C=O) groups is 2. The molecule has 4 nitrogen and oxygen atoms in total. The number of unbranched alkanes of at least 4 members (excludes halogenated alkanes) is 1. The zero-order chi connectivity index (χ0) is 11.0. The fourth-order valence-electron chi connectivity index (χ4n) is 1.22. The quantitative estimate of drug-likeness (QED) is 0.619. The van der Waals surface area contributed by atoms with Crippen molar-refractivity contribution in [2.75, 3.05) is 13.6 Å². The molecule has 0 aliphatic carbocycles. The molecule has 2 amide bonds. The van der Waals surface area contributed by atoms with Crippen LogP contribution in [0.4, 0.5) is 0 Å². The van der Waals surface area contributed by atoms with E-state index in [1.54, 1.807) is 7.05 Å². The lowest BCUT2D eigenvalue weighted by molar-refractivity contribution is -0.124. The summed E-state index contributed by atoms with van der Waals surface area (Å²) in [5.41, 5.74) is 0. The summed E-state index contributed by atoms with van der Waals surface area (Å²) in [6.45, 7) is 4.13. The van der Waals surface area contributed by atoms with E-state index in [-0.39, 0.29) is 17.7 Å². The Morgan fingerprint density at radius 2 is 1.93 bits per heavy atom. The molecule has 2 N–H and O–H groups in total. The van der Waals surface area contributed by atoms with Crippen molar-refractivity contribution >= 4 is 11.8 Å². The molecule has 0 fully saturated rings. The highest BCUT2D eigenvalue weighted by Gasteiger charge is 2.09. The fraction of sp³-hybridized carbons (Fsp3) is 0.800. The summed E-state index contributed by atoms with van der Waals surface area (Å²) in [4.78, 5) is 21.6. The zero-order valence-electron chi connectivity index (χ0n) is 9.22. The Bertz CT molecular complexity index is 193. The van der Waals surface area contributed by atoms with Crippen molar-refractivity contribution in [2.24, 2.45) is 5.92 Å². The molecule has 0 aromatic rings. The Kier molecular flexibility index (Phi) is 6.80. The molecule has 0 aliphatic rings. The maximum Gasteiger partial charge on any atom is 0.222 e. The van der Waals surface area contributed by atoms with Crippen LogP contribution in [0.1, 0.15) is 33.1 Å². The van der Waals surface area contributed by atoms with Crippen molar-refractivity contribution in [3.8, 4) is 0 Å². The maximum absolute atomic E-state index is 11.1. The van der Waals surface area contributed by atoms with Crippen LogP contribution in [0.5, 0.6) is 0 Å². The molecule has 0 saturated carbocycles. The first-order valence-electron chi connectivity index (χ1n) is 5.04. The molecular formula is C10H20N2O2. The van der Waals surface area contributed by atoms with E-state index in [0.717, 1.165) is 19.3 Å². The lowest BCUT2D eigenvalue weighted by Gasteiger charge is -2.09. The minimum Gasteiger partial charge on any atom is -0.359 e. The Morgan fingerprint density at radius 3 is 2.43 bits per heavy atom. The normalized spacial score (nSPS) is 11.9. The molecule has 0 spiro atoms. The fourth-order valence-corrected chi connectivity index (χ4v) is 1.22. The van der Waals surface area contributed by atoms with Gasteiger partial charge in [-0.25, -0.2) is 0 Å². The molecule has 14 heavy (non-hydrogen) atoms. The summed E-state index contributed by atoms with van der Waals surface area (Å²) in [6.07, 6.45) is 2.77. The van der Waals surface area contributed by atoms with Gasteiger partial charge in [-0.2, -0.15) is 0 Å². The first-order chi connectivity index (χ1) is 6.57. The number of hydrogen-bond donors (Lipinski definition) is 2. The van der Waals surface area contributed by atoms with Gasteiger partial charge in [-0.15, -0.1) is 0 Å². The second-order valence-corrected chi connectivity index (χ2v) is 3.49. The third kappa shape index (κ3) is 6.46. The van der Waals surface area contributed by atoms with Crippen molar-refractivity contribution < 1.29 is 9.59 Å². The van der Waals surface area contributed by atoms with Gasteiger partial charge in [0.1, 0.15) is 0 Å². The Balaban J connectivity index is 3.36. The minimum absolute atomic E-state index is 0.00403. The molecule has 0 rings (SSSR count). The number of hydrogen-bond acceptors (Lipinski definition) is 2. The standard InChI is InChI=1S/C10H20N2O2/c1-8(10(14)11-3)6-4-5-7-12-9(2)13/h8H,4-7H2,1-3H3,(H,11,14)(H,12,13). The molecule has 0 radical (unpaired) electrons. The van der Waals surface area contributed by atoms with Gasteiger partial charge in [-0.3, -0.25) is 9.59 Å². The molecular weight excluding hydrogens is 180 g/mol. The van der Waals surface area contributed by atoms with Crippen LogP contribution in [0, 0.1) is 5.92 Å². The van der Waals surface area contributed by atoms with Crippen molar-refractivity contribution in [1.29, 1.82) is 0 Å². The van der Waals surface area contributed by atoms with Crippen LogP contribution in [0.25, 0.3) is 0 Å². The lowest BCUT2D eigenvalue weighted by Crippen LogP contribution is -2.25. The average molecular weight is 200 g/mol. The summed E-state index contributed by atoms with van der Waals surface area (Å²) < 4.78 is 0. The summed E-state index contributed by atoms with van der Waals surface area (Å²) in [5.74, 6) is 0.159. The minimum atomic E-state index is 0.00403. The van der Waals surface area contributed by atoms with Crippen LogP contribution in [0.3, 0.4) is 0 Å². The van der Waals surface area contributed by atoms with Gasteiger partial charge in [0.15, 0.2) is 0 Å². The summed E-state index contributed by atoms with van der Waals surface area (Å²) in [5, 5.41) is 5.34. The molecule has 0 aliphatic heterocycles. The van der Waals surface area contributed by atoms with Crippen molar-refractivity contribution in [1.82, 2.24) is 10.6 Å². The number of rotatable bonds is 6. The van der Waals surface area contributed by atoms with Gasteiger partial charge in [0.05, 0.1) is 0 Å². The summed E-state index contributed by atoms with van der Waals surface area (Å²) in [6, 6.07) is 0. The number of carbonyl (C=O) groups excluding carboxylic acids is 2. The Labute approximate surface area is 85.4 Å². The van der Waals surface area contributed by atoms with Crippen LogP contribution in [-0.4, -0.2) is 25.4 Å². The highest BCUT2D eigenvalue weighted by Crippen LogP contribution is 2.06. The van der Waals surface area contributed by atoms with Gasteiger partial charge >= 0.3 is 0 Å². The highest BCUT2D eigenvalue weighted by molar-refractivity contribution is 5.77. The summed E-state index contributed by atoms with van der Waals surface area (Å²) in [7, 11) is 1.65.